The maximum atomic E-state index is 13.1. The number of rotatable bonds is 7. The van der Waals surface area contributed by atoms with Crippen molar-refractivity contribution in [1.82, 2.24) is 4.98 Å². The van der Waals surface area contributed by atoms with E-state index in [4.69, 9.17) is 29.2 Å². The van der Waals surface area contributed by atoms with Crippen molar-refractivity contribution in [3.8, 4) is 34.6 Å². The molecule has 0 saturated carbocycles. The van der Waals surface area contributed by atoms with Crippen LogP contribution in [0.15, 0.2) is 66.7 Å². The number of aromatic nitrogens is 1. The summed E-state index contributed by atoms with van der Waals surface area (Å²) >= 11 is 0. The van der Waals surface area contributed by atoms with Crippen LogP contribution in [0.5, 0.6) is 17.2 Å². The summed E-state index contributed by atoms with van der Waals surface area (Å²) in [5, 5.41) is 9.63. The molecule has 7 heteroatoms. The maximum Gasteiger partial charge on any atom is 0.339 e. The number of nitrogens with zero attached hydrogens (tertiary/aromatic N) is 2. The molecule has 0 fully saturated rings. The van der Waals surface area contributed by atoms with Crippen molar-refractivity contribution in [2.75, 3.05) is 21.3 Å². The van der Waals surface area contributed by atoms with Crippen molar-refractivity contribution in [2.45, 2.75) is 6.61 Å². The molecule has 170 valence electrons. The number of methoxy groups -OCH3 is 3. The minimum Gasteiger partial charge on any atom is -0.493 e. The highest BCUT2D eigenvalue weighted by Gasteiger charge is 2.19. The lowest BCUT2D eigenvalue weighted by atomic mass is 10.0. The summed E-state index contributed by atoms with van der Waals surface area (Å²) in [5.74, 6) is 0.960. The van der Waals surface area contributed by atoms with Gasteiger partial charge in [0, 0.05) is 10.9 Å². The zero-order valence-electron chi connectivity index (χ0n) is 19.0. The molecule has 0 aliphatic rings. The zero-order chi connectivity index (χ0) is 24.1. The second kappa shape index (κ2) is 9.92. The van der Waals surface area contributed by atoms with Gasteiger partial charge in [0.15, 0.2) is 11.5 Å². The van der Waals surface area contributed by atoms with Crippen LogP contribution in [-0.2, 0) is 11.3 Å². The van der Waals surface area contributed by atoms with Crippen LogP contribution in [0.4, 0.5) is 0 Å². The predicted molar refractivity (Wildman–Crippen MR) is 127 cm³/mol. The molecule has 0 bridgehead atoms. The van der Waals surface area contributed by atoms with Crippen LogP contribution < -0.4 is 14.2 Å². The molecule has 0 amide bonds. The molecular formula is C27H22N2O5. The van der Waals surface area contributed by atoms with Crippen molar-refractivity contribution in [1.29, 1.82) is 5.26 Å². The summed E-state index contributed by atoms with van der Waals surface area (Å²) in [6, 6.07) is 21.6. The van der Waals surface area contributed by atoms with E-state index in [0.717, 1.165) is 5.56 Å². The van der Waals surface area contributed by atoms with Gasteiger partial charge in [-0.05, 0) is 42.0 Å². The Labute approximate surface area is 197 Å². The number of hydrogen-bond acceptors (Lipinski definition) is 7. The first-order valence-corrected chi connectivity index (χ1v) is 10.4. The minimum absolute atomic E-state index is 0.0840. The topological polar surface area (TPSA) is 90.7 Å². The molecule has 0 aliphatic carbocycles. The second-order valence-corrected chi connectivity index (χ2v) is 7.37. The van der Waals surface area contributed by atoms with Crippen LogP contribution in [0.2, 0.25) is 0 Å². The number of hydrogen-bond donors (Lipinski definition) is 0. The zero-order valence-corrected chi connectivity index (χ0v) is 19.0. The summed E-state index contributed by atoms with van der Waals surface area (Å²) in [4.78, 5) is 17.9. The molecule has 0 saturated heterocycles. The third kappa shape index (κ3) is 4.48. The van der Waals surface area contributed by atoms with Gasteiger partial charge in [-0.2, -0.15) is 5.26 Å². The van der Waals surface area contributed by atoms with E-state index in [1.165, 1.54) is 7.11 Å². The van der Waals surface area contributed by atoms with E-state index in [0.29, 0.717) is 50.5 Å². The Balaban J connectivity index is 1.73. The van der Waals surface area contributed by atoms with Gasteiger partial charge in [0.05, 0.1) is 49.7 Å². The third-order valence-corrected chi connectivity index (χ3v) is 5.35. The average Bonchev–Trinajstić information content (AvgIpc) is 2.90. The van der Waals surface area contributed by atoms with Gasteiger partial charge in [-0.3, -0.25) is 0 Å². The van der Waals surface area contributed by atoms with Gasteiger partial charge in [-0.1, -0.05) is 30.3 Å². The fourth-order valence-corrected chi connectivity index (χ4v) is 3.62. The summed E-state index contributed by atoms with van der Waals surface area (Å²) < 4.78 is 21.9. The first kappa shape index (κ1) is 22.6. The molecule has 4 aromatic rings. The largest absolute Gasteiger partial charge is 0.493 e. The number of nitriles is 1. The van der Waals surface area contributed by atoms with Crippen LogP contribution in [0.3, 0.4) is 0 Å². The van der Waals surface area contributed by atoms with Gasteiger partial charge < -0.3 is 18.9 Å². The van der Waals surface area contributed by atoms with E-state index in [9.17, 15) is 4.79 Å². The summed E-state index contributed by atoms with van der Waals surface area (Å²) in [5.41, 5.74) is 3.63. The molecule has 0 N–H and O–H groups in total. The molecule has 0 unspecified atom stereocenters. The highest BCUT2D eigenvalue weighted by Crippen LogP contribution is 2.41. The standard InChI is InChI=1S/C27H22N2O5/c1-31-24-12-19(13-25(32-2)26(24)33-3)23-14-21(20-6-4-5-7-22(20)29-23)27(30)34-16-18-10-8-17(15-28)9-11-18/h4-14H,16H2,1-3H3. The SMILES string of the molecule is COc1cc(-c2cc(C(=O)OCc3ccc(C#N)cc3)c3ccccc3n2)cc(OC)c1OC. The molecule has 3 aromatic carbocycles. The van der Waals surface area contributed by atoms with Crippen LogP contribution in [0.1, 0.15) is 21.5 Å². The Morgan fingerprint density at radius 1 is 0.912 bits per heavy atom. The van der Waals surface area contributed by atoms with Gasteiger partial charge in [0.1, 0.15) is 6.61 Å². The number of carbonyl (C=O) groups excluding carboxylic acids is 1. The summed E-state index contributed by atoms with van der Waals surface area (Å²) in [7, 11) is 4.62. The number of fused-ring (bicyclic) bond motifs is 1. The van der Waals surface area contributed by atoms with Crippen LogP contribution >= 0.6 is 0 Å². The molecule has 7 nitrogen and oxygen atoms in total. The predicted octanol–water partition coefficient (Wildman–Crippen LogP) is 5.16. The molecule has 0 atom stereocenters. The van der Waals surface area contributed by atoms with Crippen LogP contribution in [-0.4, -0.2) is 32.3 Å². The smallest absolute Gasteiger partial charge is 0.339 e. The fraction of sp³-hybridized carbons (Fsp3) is 0.148. The molecule has 1 heterocycles. The van der Waals surface area contributed by atoms with E-state index < -0.39 is 5.97 Å². The molecule has 0 spiro atoms. The van der Waals surface area contributed by atoms with E-state index in [1.807, 2.05) is 24.3 Å². The van der Waals surface area contributed by atoms with Crippen molar-refractivity contribution in [2.24, 2.45) is 0 Å². The lowest BCUT2D eigenvalue weighted by molar-refractivity contribution is 0.0475. The third-order valence-electron chi connectivity index (χ3n) is 5.35. The van der Waals surface area contributed by atoms with Gasteiger partial charge >= 0.3 is 5.97 Å². The number of esters is 1. The summed E-state index contributed by atoms with van der Waals surface area (Å²) in [6.45, 7) is 0.0840. The molecule has 34 heavy (non-hydrogen) atoms. The van der Waals surface area contributed by atoms with Crippen LogP contribution in [0, 0.1) is 11.3 Å². The molecule has 0 radical (unpaired) electrons. The lowest BCUT2D eigenvalue weighted by Gasteiger charge is -2.15. The van der Waals surface area contributed by atoms with Crippen molar-refractivity contribution >= 4 is 16.9 Å². The fourth-order valence-electron chi connectivity index (χ4n) is 3.62. The summed E-state index contributed by atoms with van der Waals surface area (Å²) in [6.07, 6.45) is 0. The highest BCUT2D eigenvalue weighted by atomic mass is 16.5. The van der Waals surface area contributed by atoms with E-state index in [2.05, 4.69) is 6.07 Å². The monoisotopic (exact) mass is 454 g/mol. The number of pyridine rings is 1. The Morgan fingerprint density at radius 3 is 2.21 bits per heavy atom. The van der Waals surface area contributed by atoms with Crippen LogP contribution in [0.25, 0.3) is 22.2 Å². The molecule has 1 aromatic heterocycles. The Morgan fingerprint density at radius 2 is 1.59 bits per heavy atom. The van der Waals surface area contributed by atoms with E-state index in [-0.39, 0.29) is 6.61 Å². The first-order chi connectivity index (χ1) is 16.6. The highest BCUT2D eigenvalue weighted by molar-refractivity contribution is 6.04. The Kier molecular flexibility index (Phi) is 6.60. The molecule has 0 aliphatic heterocycles. The number of benzene rings is 3. The Bertz CT molecular complexity index is 1370. The number of ether oxygens (including phenoxy) is 4. The number of para-hydroxylation sites is 1. The number of carbonyl (C=O) groups is 1. The van der Waals surface area contributed by atoms with Gasteiger partial charge in [0.25, 0.3) is 0 Å². The quantitative estimate of drug-likeness (QED) is 0.356. The van der Waals surface area contributed by atoms with Gasteiger partial charge in [-0.25, -0.2) is 9.78 Å². The van der Waals surface area contributed by atoms with Gasteiger partial charge in [0.2, 0.25) is 5.75 Å². The maximum absolute atomic E-state index is 13.1. The average molecular weight is 454 g/mol. The van der Waals surface area contributed by atoms with E-state index >= 15 is 0 Å². The second-order valence-electron chi connectivity index (χ2n) is 7.37. The van der Waals surface area contributed by atoms with Crippen molar-refractivity contribution in [3.05, 3.63) is 83.4 Å². The van der Waals surface area contributed by atoms with E-state index in [1.54, 1.807) is 56.7 Å². The van der Waals surface area contributed by atoms with Gasteiger partial charge in [-0.15, -0.1) is 0 Å². The minimum atomic E-state index is -0.475. The van der Waals surface area contributed by atoms with Crippen molar-refractivity contribution in [3.63, 3.8) is 0 Å². The Hall–Kier alpha value is -4.57. The normalized spacial score (nSPS) is 10.4. The molecular weight excluding hydrogens is 432 g/mol. The molecule has 4 rings (SSSR count). The lowest BCUT2D eigenvalue weighted by Crippen LogP contribution is -2.07. The van der Waals surface area contributed by atoms with Crippen molar-refractivity contribution < 1.29 is 23.7 Å². The first-order valence-electron chi connectivity index (χ1n) is 10.4.